The average molecular weight is 228 g/mol. The molecule has 2 heteroatoms. The Balaban J connectivity index is 1.69. The zero-order valence-corrected chi connectivity index (χ0v) is 10.2. The predicted molar refractivity (Wildman–Crippen MR) is 67.5 cm³/mol. The van der Waals surface area contributed by atoms with Crippen LogP contribution in [0.15, 0.2) is 24.5 Å². The van der Waals surface area contributed by atoms with Gasteiger partial charge in [0.25, 0.3) is 0 Å². The van der Waals surface area contributed by atoms with Crippen LogP contribution < -0.4 is 5.32 Å². The van der Waals surface area contributed by atoms with E-state index in [1.54, 1.807) is 0 Å². The first-order chi connectivity index (χ1) is 8.38. The van der Waals surface area contributed by atoms with E-state index in [0.717, 1.165) is 23.8 Å². The van der Waals surface area contributed by atoms with E-state index in [9.17, 15) is 0 Å². The van der Waals surface area contributed by atoms with Crippen LogP contribution in [0.2, 0.25) is 0 Å². The molecule has 1 N–H and O–H groups in total. The molecule has 0 radical (unpaired) electrons. The molecule has 2 aliphatic carbocycles. The van der Waals surface area contributed by atoms with Crippen LogP contribution in [0.1, 0.15) is 43.7 Å². The number of nitrogens with zero attached hydrogens (tertiary/aromatic N) is 1. The lowest BCUT2D eigenvalue weighted by atomic mass is 9.67. The van der Waals surface area contributed by atoms with Crippen molar-refractivity contribution in [3.8, 4) is 0 Å². The fourth-order valence-electron chi connectivity index (χ4n) is 4.63. The second kappa shape index (κ2) is 3.81. The number of rotatable bonds is 1. The summed E-state index contributed by atoms with van der Waals surface area (Å²) in [5, 5.41) is 3.92. The van der Waals surface area contributed by atoms with Gasteiger partial charge in [-0.3, -0.25) is 4.98 Å². The van der Waals surface area contributed by atoms with E-state index in [2.05, 4.69) is 28.6 Å². The summed E-state index contributed by atoms with van der Waals surface area (Å²) in [5.41, 5.74) is 1.41. The SMILES string of the molecule is c1cncc(C2NC3C[C@@H]4CC2C[C@H](C3)C4)c1. The first kappa shape index (κ1) is 10.1. The fraction of sp³-hybridized carbons (Fsp3) is 0.667. The maximum absolute atomic E-state index is 4.29. The molecule has 4 fully saturated rings. The van der Waals surface area contributed by atoms with E-state index in [-0.39, 0.29) is 0 Å². The van der Waals surface area contributed by atoms with Crippen LogP contribution in [-0.2, 0) is 0 Å². The van der Waals surface area contributed by atoms with Crippen molar-refractivity contribution in [1.82, 2.24) is 10.3 Å². The summed E-state index contributed by atoms with van der Waals surface area (Å²) < 4.78 is 0. The third kappa shape index (κ3) is 1.70. The minimum absolute atomic E-state index is 0.573. The first-order valence-electron chi connectivity index (χ1n) is 7.04. The molecule has 2 aliphatic heterocycles. The Bertz CT molecular complexity index is 389. The van der Waals surface area contributed by atoms with E-state index in [1.165, 1.54) is 37.7 Å². The Labute approximate surface area is 103 Å². The van der Waals surface area contributed by atoms with Crippen molar-refractivity contribution in [3.63, 3.8) is 0 Å². The highest BCUT2D eigenvalue weighted by atomic mass is 15.0. The zero-order valence-electron chi connectivity index (χ0n) is 10.2. The predicted octanol–water partition coefficient (Wildman–Crippen LogP) is 2.92. The van der Waals surface area contributed by atoms with Gasteiger partial charge in [-0.2, -0.15) is 0 Å². The summed E-state index contributed by atoms with van der Waals surface area (Å²) in [7, 11) is 0. The molecule has 3 unspecified atom stereocenters. The number of fused-ring (bicyclic) bond motifs is 1. The monoisotopic (exact) mass is 228 g/mol. The van der Waals surface area contributed by atoms with Crippen LogP contribution in [0.4, 0.5) is 0 Å². The third-order valence-electron chi connectivity index (χ3n) is 5.10. The molecular formula is C15H20N2. The molecule has 1 aromatic rings. The molecule has 2 nitrogen and oxygen atoms in total. The molecule has 2 saturated carbocycles. The molecule has 5 rings (SSSR count). The van der Waals surface area contributed by atoms with Gasteiger partial charge in [-0.25, -0.2) is 0 Å². The second-order valence-electron chi connectivity index (χ2n) is 6.30. The number of hydrogen-bond donors (Lipinski definition) is 1. The molecule has 17 heavy (non-hydrogen) atoms. The van der Waals surface area contributed by atoms with Gasteiger partial charge < -0.3 is 5.32 Å². The summed E-state index contributed by atoms with van der Waals surface area (Å²) in [6, 6.07) is 5.67. The summed E-state index contributed by atoms with van der Waals surface area (Å²) in [4.78, 5) is 4.29. The lowest BCUT2D eigenvalue weighted by Gasteiger charge is -2.38. The molecule has 0 spiro atoms. The van der Waals surface area contributed by atoms with Gasteiger partial charge in [-0.05, 0) is 61.5 Å². The summed E-state index contributed by atoms with van der Waals surface area (Å²) >= 11 is 0. The first-order valence-corrected chi connectivity index (χ1v) is 7.04. The number of hydrogen-bond acceptors (Lipinski definition) is 2. The fourth-order valence-corrected chi connectivity index (χ4v) is 4.63. The largest absolute Gasteiger partial charge is 0.307 e. The van der Waals surface area contributed by atoms with Crippen LogP contribution in [0.3, 0.4) is 0 Å². The quantitative estimate of drug-likeness (QED) is 0.799. The molecule has 5 atom stereocenters. The van der Waals surface area contributed by atoms with Gasteiger partial charge >= 0.3 is 0 Å². The van der Waals surface area contributed by atoms with E-state index >= 15 is 0 Å². The van der Waals surface area contributed by atoms with Crippen molar-refractivity contribution in [2.75, 3.05) is 0 Å². The average Bonchev–Trinajstić information content (AvgIpc) is 2.55. The van der Waals surface area contributed by atoms with Crippen molar-refractivity contribution in [2.24, 2.45) is 17.8 Å². The highest BCUT2D eigenvalue weighted by Gasteiger charge is 2.43. The number of aromatic nitrogens is 1. The van der Waals surface area contributed by atoms with E-state index in [1.807, 2.05) is 6.20 Å². The van der Waals surface area contributed by atoms with Gasteiger partial charge in [0.15, 0.2) is 0 Å². The molecule has 1 aromatic heterocycles. The normalized spacial score (nSPS) is 43.6. The summed E-state index contributed by atoms with van der Waals surface area (Å²) in [6.45, 7) is 0. The maximum Gasteiger partial charge on any atom is 0.0366 e. The topological polar surface area (TPSA) is 24.9 Å². The second-order valence-corrected chi connectivity index (χ2v) is 6.30. The molecule has 90 valence electrons. The lowest BCUT2D eigenvalue weighted by Crippen LogP contribution is -2.34. The smallest absolute Gasteiger partial charge is 0.0366 e. The minimum atomic E-state index is 0.573. The Hall–Kier alpha value is -0.890. The minimum Gasteiger partial charge on any atom is -0.307 e. The summed E-state index contributed by atoms with van der Waals surface area (Å²) in [6.07, 6.45) is 11.2. The van der Waals surface area contributed by atoms with Gasteiger partial charge in [-0.15, -0.1) is 0 Å². The molecule has 0 amide bonds. The molecule has 3 heterocycles. The van der Waals surface area contributed by atoms with Crippen molar-refractivity contribution in [2.45, 2.75) is 44.2 Å². The van der Waals surface area contributed by atoms with E-state index in [0.29, 0.717) is 6.04 Å². The number of nitrogens with one attached hydrogen (secondary N) is 1. The van der Waals surface area contributed by atoms with Crippen LogP contribution in [0.25, 0.3) is 0 Å². The molecule has 2 saturated heterocycles. The highest BCUT2D eigenvalue weighted by molar-refractivity contribution is 5.17. The Morgan fingerprint density at radius 3 is 2.59 bits per heavy atom. The van der Waals surface area contributed by atoms with Crippen molar-refractivity contribution in [1.29, 1.82) is 0 Å². The van der Waals surface area contributed by atoms with Crippen LogP contribution in [0.5, 0.6) is 0 Å². The van der Waals surface area contributed by atoms with Crippen LogP contribution in [0, 0.1) is 17.8 Å². The van der Waals surface area contributed by atoms with E-state index in [4.69, 9.17) is 0 Å². The zero-order chi connectivity index (χ0) is 11.2. The van der Waals surface area contributed by atoms with Gasteiger partial charge in [0, 0.05) is 24.5 Å². The molecule has 0 aromatic carbocycles. The Morgan fingerprint density at radius 1 is 1.06 bits per heavy atom. The van der Waals surface area contributed by atoms with Crippen molar-refractivity contribution in [3.05, 3.63) is 30.1 Å². The Morgan fingerprint density at radius 2 is 1.88 bits per heavy atom. The highest BCUT2D eigenvalue weighted by Crippen LogP contribution is 2.49. The van der Waals surface area contributed by atoms with Gasteiger partial charge in [0.1, 0.15) is 0 Å². The van der Waals surface area contributed by atoms with Gasteiger partial charge in [0.2, 0.25) is 0 Å². The molecular weight excluding hydrogens is 208 g/mol. The maximum atomic E-state index is 4.29. The van der Waals surface area contributed by atoms with Crippen molar-refractivity contribution < 1.29 is 0 Å². The van der Waals surface area contributed by atoms with Crippen LogP contribution in [-0.4, -0.2) is 11.0 Å². The molecule has 4 aliphatic rings. The van der Waals surface area contributed by atoms with Gasteiger partial charge in [0.05, 0.1) is 0 Å². The van der Waals surface area contributed by atoms with Crippen LogP contribution >= 0.6 is 0 Å². The number of pyridine rings is 1. The van der Waals surface area contributed by atoms with Gasteiger partial charge in [-0.1, -0.05) is 6.07 Å². The third-order valence-corrected chi connectivity index (χ3v) is 5.10. The standard InChI is InChI=1S/C15H20N2/c1-2-12(9-16-3-1)15-13-5-10-4-11(6-13)8-14(7-10)17-15/h1-3,9-11,13-15,17H,4-8H2/t10-,11+,13?,14?,15?. The van der Waals surface area contributed by atoms with Crippen molar-refractivity contribution >= 4 is 0 Å². The molecule has 4 bridgehead atoms. The van der Waals surface area contributed by atoms with E-state index < -0.39 is 0 Å². The lowest BCUT2D eigenvalue weighted by molar-refractivity contribution is 0.149. The Kier molecular flexibility index (Phi) is 2.26. The summed E-state index contributed by atoms with van der Waals surface area (Å²) in [5.74, 6) is 2.87.